The standard InChI is InChI=1S/C18H25N3O/c1-12-2-4-15(5-3-12)17-7-13-6-14(8-17)10-18(9-13,11-17)20-16(22)21-19/h2-5,13-14H,6-11,19H2,1H3,(H2,20,21,22)/t13-,14-,17?,18?/m1/s1. The van der Waals surface area contributed by atoms with E-state index in [1.165, 1.54) is 30.4 Å². The minimum atomic E-state index is -0.235. The van der Waals surface area contributed by atoms with Crippen LogP contribution in [0.15, 0.2) is 24.3 Å². The average molecular weight is 299 g/mol. The molecule has 0 unspecified atom stereocenters. The quantitative estimate of drug-likeness (QED) is 0.446. The van der Waals surface area contributed by atoms with E-state index >= 15 is 0 Å². The van der Waals surface area contributed by atoms with Crippen LogP contribution in [0.3, 0.4) is 0 Å². The van der Waals surface area contributed by atoms with Crippen LogP contribution >= 0.6 is 0 Å². The number of rotatable bonds is 2. The van der Waals surface area contributed by atoms with E-state index in [1.54, 1.807) is 0 Å². The summed E-state index contributed by atoms with van der Waals surface area (Å²) in [5.41, 5.74) is 5.22. The highest BCUT2D eigenvalue weighted by molar-refractivity contribution is 5.74. The molecule has 0 heterocycles. The number of hydrogen-bond donors (Lipinski definition) is 3. The molecule has 4 heteroatoms. The van der Waals surface area contributed by atoms with Crippen LogP contribution in [0.2, 0.25) is 0 Å². The number of carbonyl (C=O) groups is 1. The largest absolute Gasteiger partial charge is 0.332 e. The van der Waals surface area contributed by atoms with Gasteiger partial charge in [0.25, 0.3) is 0 Å². The van der Waals surface area contributed by atoms with Gasteiger partial charge in [0.05, 0.1) is 0 Å². The van der Waals surface area contributed by atoms with E-state index in [-0.39, 0.29) is 17.0 Å². The molecule has 4 aliphatic carbocycles. The van der Waals surface area contributed by atoms with Gasteiger partial charge in [0, 0.05) is 5.54 Å². The third kappa shape index (κ3) is 2.12. The first-order valence-corrected chi connectivity index (χ1v) is 8.38. The summed E-state index contributed by atoms with van der Waals surface area (Å²) in [6.07, 6.45) is 7.18. The normalized spacial score (nSPS) is 38.8. The molecule has 0 saturated heterocycles. The molecule has 4 nitrogen and oxygen atoms in total. The van der Waals surface area contributed by atoms with E-state index in [1.807, 2.05) is 0 Å². The highest BCUT2D eigenvalue weighted by Crippen LogP contribution is 2.62. The third-order valence-electron chi connectivity index (χ3n) is 6.23. The zero-order chi connectivity index (χ0) is 15.4. The lowest BCUT2D eigenvalue weighted by Gasteiger charge is -2.62. The fourth-order valence-corrected chi connectivity index (χ4v) is 5.93. The van der Waals surface area contributed by atoms with Gasteiger partial charge in [0.15, 0.2) is 0 Å². The predicted octanol–water partition coefficient (Wildman–Crippen LogP) is 2.76. The second-order valence-corrected chi connectivity index (χ2v) is 7.99. The molecule has 0 aliphatic heterocycles. The number of benzene rings is 1. The fourth-order valence-electron chi connectivity index (χ4n) is 5.93. The Hall–Kier alpha value is -1.55. The van der Waals surface area contributed by atoms with Crippen molar-refractivity contribution in [3.05, 3.63) is 35.4 Å². The Morgan fingerprint density at radius 3 is 2.36 bits per heavy atom. The first kappa shape index (κ1) is 14.1. The molecule has 4 N–H and O–H groups in total. The fraction of sp³-hybridized carbons (Fsp3) is 0.611. The molecule has 118 valence electrons. The lowest BCUT2D eigenvalue weighted by molar-refractivity contribution is -0.0350. The van der Waals surface area contributed by atoms with Gasteiger partial charge < -0.3 is 5.32 Å². The SMILES string of the molecule is Cc1ccc(C23C[C@H]4C[C@@H](CC(NC(=O)NN)(C4)C2)C3)cc1. The molecule has 0 aromatic heterocycles. The van der Waals surface area contributed by atoms with Crippen LogP contribution in [0, 0.1) is 18.8 Å². The Kier molecular flexibility index (Phi) is 3.02. The molecule has 2 amide bonds. The minimum Gasteiger partial charge on any atom is -0.332 e. The Labute approximate surface area is 131 Å². The highest BCUT2D eigenvalue weighted by atomic mass is 16.2. The summed E-state index contributed by atoms with van der Waals surface area (Å²) >= 11 is 0. The minimum absolute atomic E-state index is 0.0571. The van der Waals surface area contributed by atoms with Crippen molar-refractivity contribution < 1.29 is 4.79 Å². The number of urea groups is 1. The first-order chi connectivity index (χ1) is 10.5. The molecule has 4 fully saturated rings. The maximum Gasteiger partial charge on any atom is 0.329 e. The summed E-state index contributed by atoms with van der Waals surface area (Å²) in [6.45, 7) is 2.14. The molecule has 4 saturated carbocycles. The molecular weight excluding hydrogens is 274 g/mol. The van der Waals surface area contributed by atoms with Gasteiger partial charge in [-0.2, -0.15) is 0 Å². The maximum absolute atomic E-state index is 11.8. The summed E-state index contributed by atoms with van der Waals surface area (Å²) in [7, 11) is 0. The smallest absolute Gasteiger partial charge is 0.329 e. The van der Waals surface area contributed by atoms with Crippen molar-refractivity contribution in [2.75, 3.05) is 0 Å². The summed E-state index contributed by atoms with van der Waals surface area (Å²) in [4.78, 5) is 11.8. The Balaban J connectivity index is 1.69. The molecule has 4 bridgehead atoms. The van der Waals surface area contributed by atoms with Crippen molar-refractivity contribution in [3.8, 4) is 0 Å². The van der Waals surface area contributed by atoms with Crippen molar-refractivity contribution in [3.63, 3.8) is 0 Å². The van der Waals surface area contributed by atoms with Gasteiger partial charge in [-0.25, -0.2) is 10.6 Å². The van der Waals surface area contributed by atoms with Gasteiger partial charge in [0.2, 0.25) is 0 Å². The summed E-state index contributed by atoms with van der Waals surface area (Å²) < 4.78 is 0. The molecule has 22 heavy (non-hydrogen) atoms. The lowest BCUT2D eigenvalue weighted by atomic mass is 9.45. The van der Waals surface area contributed by atoms with Crippen LogP contribution in [0.4, 0.5) is 4.79 Å². The van der Waals surface area contributed by atoms with Crippen molar-refractivity contribution in [2.45, 2.75) is 56.4 Å². The molecule has 0 spiro atoms. The van der Waals surface area contributed by atoms with Gasteiger partial charge in [-0.05, 0) is 68.3 Å². The molecule has 1 aromatic rings. The second kappa shape index (κ2) is 4.72. The second-order valence-electron chi connectivity index (χ2n) is 7.99. The van der Waals surface area contributed by atoms with Gasteiger partial charge >= 0.3 is 6.03 Å². The van der Waals surface area contributed by atoms with Crippen LogP contribution in [0.5, 0.6) is 0 Å². The molecule has 0 radical (unpaired) electrons. The van der Waals surface area contributed by atoms with Crippen LogP contribution in [0.25, 0.3) is 0 Å². The topological polar surface area (TPSA) is 67.2 Å². The number of amides is 2. The predicted molar refractivity (Wildman–Crippen MR) is 86.1 cm³/mol. The molecule has 5 rings (SSSR count). The summed E-state index contributed by atoms with van der Waals surface area (Å²) in [6, 6.07) is 8.82. The number of nitrogens with two attached hydrogens (primary N) is 1. The van der Waals surface area contributed by atoms with E-state index in [0.29, 0.717) is 0 Å². The monoisotopic (exact) mass is 299 g/mol. The Bertz CT molecular complexity index is 581. The van der Waals surface area contributed by atoms with Gasteiger partial charge in [-0.1, -0.05) is 29.8 Å². The lowest BCUT2D eigenvalue weighted by Crippen LogP contribution is -2.65. The third-order valence-corrected chi connectivity index (χ3v) is 6.23. The average Bonchev–Trinajstić information content (AvgIpc) is 2.45. The van der Waals surface area contributed by atoms with Crippen molar-refractivity contribution in [2.24, 2.45) is 17.7 Å². The summed E-state index contributed by atoms with van der Waals surface area (Å²) in [5, 5.41) is 3.21. The van der Waals surface area contributed by atoms with E-state index in [9.17, 15) is 4.79 Å². The van der Waals surface area contributed by atoms with Gasteiger partial charge in [0.1, 0.15) is 0 Å². The Morgan fingerprint density at radius 1 is 1.14 bits per heavy atom. The zero-order valence-electron chi connectivity index (χ0n) is 13.2. The van der Waals surface area contributed by atoms with Crippen molar-refractivity contribution >= 4 is 6.03 Å². The van der Waals surface area contributed by atoms with Crippen LogP contribution < -0.4 is 16.6 Å². The van der Waals surface area contributed by atoms with E-state index < -0.39 is 0 Å². The van der Waals surface area contributed by atoms with Crippen molar-refractivity contribution in [1.82, 2.24) is 10.7 Å². The number of aryl methyl sites for hydroxylation is 1. The van der Waals surface area contributed by atoms with Crippen LogP contribution in [-0.2, 0) is 5.41 Å². The van der Waals surface area contributed by atoms with Crippen molar-refractivity contribution in [1.29, 1.82) is 0 Å². The van der Waals surface area contributed by atoms with E-state index in [4.69, 9.17) is 5.84 Å². The number of hydrazine groups is 1. The zero-order valence-corrected chi connectivity index (χ0v) is 13.2. The molecule has 2 atom stereocenters. The Morgan fingerprint density at radius 2 is 1.77 bits per heavy atom. The summed E-state index contributed by atoms with van der Waals surface area (Å²) in [5.74, 6) is 6.77. The van der Waals surface area contributed by atoms with E-state index in [2.05, 4.69) is 41.9 Å². The van der Waals surface area contributed by atoms with Gasteiger partial charge in [-0.3, -0.25) is 5.43 Å². The van der Waals surface area contributed by atoms with Crippen LogP contribution in [-0.4, -0.2) is 11.6 Å². The molecular formula is C18H25N3O. The number of carbonyl (C=O) groups excluding carboxylic acids is 1. The van der Waals surface area contributed by atoms with E-state index in [0.717, 1.165) is 31.1 Å². The maximum atomic E-state index is 11.8. The first-order valence-electron chi connectivity index (χ1n) is 8.38. The van der Waals surface area contributed by atoms with Gasteiger partial charge in [-0.15, -0.1) is 0 Å². The number of nitrogens with one attached hydrogen (secondary N) is 2. The molecule has 4 aliphatic rings. The molecule has 1 aromatic carbocycles. The van der Waals surface area contributed by atoms with Crippen LogP contribution in [0.1, 0.15) is 49.7 Å². The number of hydrogen-bond acceptors (Lipinski definition) is 2. The highest BCUT2D eigenvalue weighted by Gasteiger charge is 2.58.